The smallest absolute Gasteiger partial charge is 0.258 e. The quantitative estimate of drug-likeness (QED) is 0.779. The number of nitrogens with one attached hydrogen (secondary N) is 1. The summed E-state index contributed by atoms with van der Waals surface area (Å²) in [7, 11) is 0. The van der Waals surface area contributed by atoms with E-state index in [0.29, 0.717) is 22.8 Å². The summed E-state index contributed by atoms with van der Waals surface area (Å²) in [5.74, 6) is 0.332. The van der Waals surface area contributed by atoms with Crippen molar-refractivity contribution in [1.29, 1.82) is 0 Å². The highest BCUT2D eigenvalue weighted by atomic mass is 19.1. The van der Waals surface area contributed by atoms with E-state index in [1.807, 2.05) is 0 Å². The Kier molecular flexibility index (Phi) is 6.22. The molecule has 4 nitrogen and oxygen atoms in total. The molecule has 1 N–H and O–H groups in total. The maximum atomic E-state index is 13.0. The zero-order valence-electron chi connectivity index (χ0n) is 15.4. The monoisotopic (exact) mass is 369 g/mol. The maximum absolute atomic E-state index is 13.0. The summed E-state index contributed by atoms with van der Waals surface area (Å²) in [4.78, 5) is 24.5. The molecular formula is C22H24FNO3. The Bertz CT molecular complexity index is 786. The largest absolute Gasteiger partial charge is 0.484 e. The SMILES string of the molecule is CC1CCCCC1NC(=O)COc1ccc(C(=O)c2ccc(F)cc2)cc1. The van der Waals surface area contributed by atoms with Crippen LogP contribution in [0.4, 0.5) is 4.39 Å². The first-order valence-corrected chi connectivity index (χ1v) is 9.35. The van der Waals surface area contributed by atoms with Gasteiger partial charge in [-0.2, -0.15) is 0 Å². The minimum absolute atomic E-state index is 0.0471. The molecule has 3 rings (SSSR count). The fraction of sp³-hybridized carbons (Fsp3) is 0.364. The Morgan fingerprint density at radius 1 is 1.00 bits per heavy atom. The Morgan fingerprint density at radius 3 is 2.22 bits per heavy atom. The highest BCUT2D eigenvalue weighted by Gasteiger charge is 2.22. The van der Waals surface area contributed by atoms with Crippen LogP contribution in [0.25, 0.3) is 0 Å². The summed E-state index contributed by atoms with van der Waals surface area (Å²) < 4.78 is 18.5. The van der Waals surface area contributed by atoms with Gasteiger partial charge in [0.05, 0.1) is 0 Å². The molecule has 0 aliphatic heterocycles. The van der Waals surface area contributed by atoms with Gasteiger partial charge in [0.25, 0.3) is 5.91 Å². The van der Waals surface area contributed by atoms with Crippen molar-refractivity contribution in [2.75, 3.05) is 6.61 Å². The highest BCUT2D eigenvalue weighted by molar-refractivity contribution is 6.09. The molecule has 0 radical (unpaired) electrons. The van der Waals surface area contributed by atoms with Crippen molar-refractivity contribution in [3.63, 3.8) is 0 Å². The second-order valence-corrected chi connectivity index (χ2v) is 7.08. The van der Waals surface area contributed by atoms with Crippen molar-refractivity contribution < 1.29 is 18.7 Å². The van der Waals surface area contributed by atoms with Crippen LogP contribution in [-0.2, 0) is 4.79 Å². The molecule has 2 unspecified atom stereocenters. The first-order valence-electron chi connectivity index (χ1n) is 9.35. The minimum Gasteiger partial charge on any atom is -0.484 e. The van der Waals surface area contributed by atoms with Crippen LogP contribution in [0.5, 0.6) is 5.75 Å². The van der Waals surface area contributed by atoms with E-state index in [2.05, 4.69) is 12.2 Å². The van der Waals surface area contributed by atoms with Gasteiger partial charge in [-0.05, 0) is 67.3 Å². The molecule has 2 atom stereocenters. The zero-order chi connectivity index (χ0) is 19.2. The van der Waals surface area contributed by atoms with Gasteiger partial charge in [0.1, 0.15) is 11.6 Å². The normalized spacial score (nSPS) is 19.3. The van der Waals surface area contributed by atoms with Gasteiger partial charge in [-0.3, -0.25) is 9.59 Å². The molecule has 0 spiro atoms. The average Bonchev–Trinajstić information content (AvgIpc) is 2.69. The van der Waals surface area contributed by atoms with Crippen molar-refractivity contribution in [2.24, 2.45) is 5.92 Å². The van der Waals surface area contributed by atoms with E-state index in [9.17, 15) is 14.0 Å². The Hall–Kier alpha value is -2.69. The molecule has 1 amide bonds. The molecule has 1 aliphatic carbocycles. The molecule has 1 fully saturated rings. The number of ketones is 1. The van der Waals surface area contributed by atoms with Crippen molar-refractivity contribution in [3.8, 4) is 5.75 Å². The van der Waals surface area contributed by atoms with Gasteiger partial charge >= 0.3 is 0 Å². The molecule has 5 heteroatoms. The molecule has 2 aromatic carbocycles. The lowest BCUT2D eigenvalue weighted by atomic mass is 9.86. The highest BCUT2D eigenvalue weighted by Crippen LogP contribution is 2.23. The maximum Gasteiger partial charge on any atom is 0.258 e. The number of amides is 1. The molecule has 0 heterocycles. The lowest BCUT2D eigenvalue weighted by Crippen LogP contribution is -2.43. The number of benzene rings is 2. The standard InChI is InChI=1S/C22H24FNO3/c1-15-4-2-3-5-20(15)24-21(25)14-27-19-12-8-17(9-13-19)22(26)16-6-10-18(23)11-7-16/h6-13,15,20H,2-5,14H2,1H3,(H,24,25). The fourth-order valence-corrected chi connectivity index (χ4v) is 3.40. The topological polar surface area (TPSA) is 55.4 Å². The van der Waals surface area contributed by atoms with E-state index < -0.39 is 0 Å². The van der Waals surface area contributed by atoms with Crippen molar-refractivity contribution in [1.82, 2.24) is 5.32 Å². The van der Waals surface area contributed by atoms with Crippen LogP contribution < -0.4 is 10.1 Å². The Labute approximate surface area is 158 Å². The Morgan fingerprint density at radius 2 is 1.59 bits per heavy atom. The van der Waals surface area contributed by atoms with Crippen LogP contribution in [0.1, 0.15) is 48.5 Å². The van der Waals surface area contributed by atoms with Crippen LogP contribution in [0.3, 0.4) is 0 Å². The van der Waals surface area contributed by atoms with Gasteiger partial charge in [-0.1, -0.05) is 19.8 Å². The first kappa shape index (κ1) is 19.1. The second-order valence-electron chi connectivity index (χ2n) is 7.08. The van der Waals surface area contributed by atoms with Crippen LogP contribution in [0, 0.1) is 11.7 Å². The molecular weight excluding hydrogens is 345 g/mol. The molecule has 0 bridgehead atoms. The van der Waals surface area contributed by atoms with E-state index in [0.717, 1.165) is 19.3 Å². The molecule has 1 saturated carbocycles. The van der Waals surface area contributed by atoms with Crippen molar-refractivity contribution >= 4 is 11.7 Å². The van der Waals surface area contributed by atoms with E-state index in [-0.39, 0.29) is 30.2 Å². The third kappa shape index (κ3) is 5.16. The van der Waals surface area contributed by atoms with E-state index >= 15 is 0 Å². The summed E-state index contributed by atoms with van der Waals surface area (Å²) in [6.07, 6.45) is 4.55. The summed E-state index contributed by atoms with van der Waals surface area (Å²) in [5, 5.41) is 3.05. The first-order chi connectivity index (χ1) is 13.0. The van der Waals surface area contributed by atoms with Crippen LogP contribution >= 0.6 is 0 Å². The van der Waals surface area contributed by atoms with Gasteiger partial charge in [0.15, 0.2) is 12.4 Å². The van der Waals surface area contributed by atoms with Crippen molar-refractivity contribution in [3.05, 3.63) is 65.5 Å². The van der Waals surface area contributed by atoms with Crippen LogP contribution in [0.15, 0.2) is 48.5 Å². The van der Waals surface area contributed by atoms with E-state index in [1.165, 1.54) is 30.7 Å². The second kappa shape index (κ2) is 8.80. The summed E-state index contributed by atoms with van der Waals surface area (Å²) in [6.45, 7) is 2.12. The average molecular weight is 369 g/mol. The van der Waals surface area contributed by atoms with Gasteiger partial charge in [-0.15, -0.1) is 0 Å². The van der Waals surface area contributed by atoms with Gasteiger partial charge in [0, 0.05) is 17.2 Å². The minimum atomic E-state index is -0.379. The number of hydrogen-bond donors (Lipinski definition) is 1. The fourth-order valence-electron chi connectivity index (χ4n) is 3.40. The number of carbonyl (C=O) groups is 2. The van der Waals surface area contributed by atoms with E-state index in [4.69, 9.17) is 4.74 Å². The molecule has 142 valence electrons. The van der Waals surface area contributed by atoms with Crippen molar-refractivity contribution in [2.45, 2.75) is 38.6 Å². The third-order valence-corrected chi connectivity index (χ3v) is 5.05. The molecule has 2 aromatic rings. The van der Waals surface area contributed by atoms with Crippen LogP contribution in [0.2, 0.25) is 0 Å². The number of carbonyl (C=O) groups excluding carboxylic acids is 2. The molecule has 27 heavy (non-hydrogen) atoms. The van der Waals surface area contributed by atoms with E-state index in [1.54, 1.807) is 24.3 Å². The van der Waals surface area contributed by atoms with Crippen LogP contribution in [-0.4, -0.2) is 24.3 Å². The molecule has 0 saturated heterocycles. The summed E-state index contributed by atoms with van der Waals surface area (Å²) in [6, 6.07) is 12.3. The van der Waals surface area contributed by atoms with Gasteiger partial charge < -0.3 is 10.1 Å². The predicted molar refractivity (Wildman–Crippen MR) is 101 cm³/mol. The number of hydrogen-bond acceptors (Lipinski definition) is 3. The zero-order valence-corrected chi connectivity index (χ0v) is 15.4. The Balaban J connectivity index is 1.52. The lowest BCUT2D eigenvalue weighted by molar-refractivity contribution is -0.124. The third-order valence-electron chi connectivity index (χ3n) is 5.05. The molecule has 1 aliphatic rings. The predicted octanol–water partition coefficient (Wildman–Crippen LogP) is 4.13. The number of ether oxygens (including phenoxy) is 1. The van der Waals surface area contributed by atoms with Gasteiger partial charge in [-0.25, -0.2) is 4.39 Å². The summed E-state index contributed by atoms with van der Waals surface area (Å²) >= 11 is 0. The lowest BCUT2D eigenvalue weighted by Gasteiger charge is -2.29. The number of halogens is 1. The summed E-state index contributed by atoms with van der Waals surface area (Å²) in [5.41, 5.74) is 0.903. The molecule has 0 aromatic heterocycles. The number of rotatable bonds is 6. The van der Waals surface area contributed by atoms with Gasteiger partial charge in [0.2, 0.25) is 0 Å².